The highest BCUT2D eigenvalue weighted by molar-refractivity contribution is 5.79. The average Bonchev–Trinajstić information content (AvgIpc) is 3.34. The van der Waals surface area contributed by atoms with Crippen LogP contribution in [0.4, 0.5) is 5.82 Å². The van der Waals surface area contributed by atoms with E-state index in [9.17, 15) is 0 Å². The molecule has 7 heteroatoms. The molecule has 4 rings (SSSR count). The lowest BCUT2D eigenvalue weighted by atomic mass is 10.1. The smallest absolute Gasteiger partial charge is 0.191 e. The van der Waals surface area contributed by atoms with Crippen molar-refractivity contribution in [2.24, 2.45) is 4.99 Å². The van der Waals surface area contributed by atoms with Gasteiger partial charge in [0.2, 0.25) is 0 Å². The number of nitrogens with one attached hydrogen (secondary N) is 2. The van der Waals surface area contributed by atoms with Crippen molar-refractivity contribution in [3.63, 3.8) is 0 Å². The maximum atomic E-state index is 6.34. The number of anilines is 1. The molecule has 0 amide bonds. The first-order valence-electron chi connectivity index (χ1n) is 11.7. The number of morpholine rings is 1. The zero-order valence-corrected chi connectivity index (χ0v) is 19.3. The van der Waals surface area contributed by atoms with Crippen LogP contribution in [-0.2, 0) is 17.8 Å². The van der Waals surface area contributed by atoms with Crippen LogP contribution >= 0.6 is 0 Å². The molecule has 2 N–H and O–H groups in total. The second-order valence-electron chi connectivity index (χ2n) is 8.50. The third-order valence-corrected chi connectivity index (χ3v) is 6.11. The third kappa shape index (κ3) is 5.91. The molecule has 1 saturated heterocycles. The van der Waals surface area contributed by atoms with E-state index < -0.39 is 0 Å². The molecule has 0 atom stereocenters. The third-order valence-electron chi connectivity index (χ3n) is 6.11. The normalized spacial score (nSPS) is 17.4. The summed E-state index contributed by atoms with van der Waals surface area (Å²) in [5, 5.41) is 6.88. The Kier molecular flexibility index (Phi) is 7.82. The Balaban J connectivity index is 1.36. The molecule has 0 bridgehead atoms. The summed E-state index contributed by atoms with van der Waals surface area (Å²) >= 11 is 0. The number of ether oxygens (including phenoxy) is 2. The molecule has 7 nitrogen and oxygen atoms in total. The molecule has 1 aromatic carbocycles. The van der Waals surface area contributed by atoms with Crippen LogP contribution in [0.1, 0.15) is 42.4 Å². The number of benzene rings is 1. The monoisotopic (exact) mass is 437 g/mol. The number of aryl methyl sites for hydroxylation is 1. The summed E-state index contributed by atoms with van der Waals surface area (Å²) in [6.45, 7) is 6.65. The average molecular weight is 438 g/mol. The molecule has 1 saturated carbocycles. The van der Waals surface area contributed by atoms with Crippen LogP contribution in [-0.4, -0.2) is 50.4 Å². The van der Waals surface area contributed by atoms with E-state index in [1.54, 1.807) is 7.05 Å². The Labute approximate surface area is 191 Å². The second-order valence-corrected chi connectivity index (χ2v) is 8.50. The van der Waals surface area contributed by atoms with Gasteiger partial charge in [-0.2, -0.15) is 0 Å². The number of hydrogen-bond acceptors (Lipinski definition) is 5. The first kappa shape index (κ1) is 22.4. The van der Waals surface area contributed by atoms with Crippen LogP contribution in [0.25, 0.3) is 0 Å². The van der Waals surface area contributed by atoms with E-state index in [1.165, 1.54) is 18.4 Å². The van der Waals surface area contributed by atoms with Crippen molar-refractivity contribution in [2.45, 2.75) is 51.8 Å². The van der Waals surface area contributed by atoms with E-state index in [0.717, 1.165) is 67.8 Å². The molecule has 1 aromatic heterocycles. The van der Waals surface area contributed by atoms with E-state index in [2.05, 4.69) is 56.7 Å². The van der Waals surface area contributed by atoms with E-state index in [4.69, 9.17) is 9.47 Å². The Morgan fingerprint density at radius 1 is 1.12 bits per heavy atom. The first-order chi connectivity index (χ1) is 15.7. The molecule has 1 aliphatic carbocycles. The van der Waals surface area contributed by atoms with Crippen LogP contribution in [0.2, 0.25) is 0 Å². The number of pyridine rings is 1. The quantitative estimate of drug-likeness (QED) is 0.511. The van der Waals surface area contributed by atoms with Crippen molar-refractivity contribution in [1.29, 1.82) is 0 Å². The predicted octanol–water partition coefficient (Wildman–Crippen LogP) is 3.41. The van der Waals surface area contributed by atoms with Crippen LogP contribution < -0.4 is 20.3 Å². The van der Waals surface area contributed by atoms with Gasteiger partial charge in [-0.05, 0) is 50.3 Å². The molecule has 0 spiro atoms. The maximum absolute atomic E-state index is 6.34. The van der Waals surface area contributed by atoms with Crippen molar-refractivity contribution in [3.8, 4) is 5.75 Å². The van der Waals surface area contributed by atoms with Gasteiger partial charge in [-0.1, -0.05) is 18.2 Å². The lowest BCUT2D eigenvalue weighted by Gasteiger charge is -2.29. The van der Waals surface area contributed by atoms with Crippen molar-refractivity contribution in [2.75, 3.05) is 38.3 Å². The van der Waals surface area contributed by atoms with Gasteiger partial charge >= 0.3 is 0 Å². The fraction of sp³-hybridized carbons (Fsp3) is 0.520. The fourth-order valence-corrected chi connectivity index (χ4v) is 4.31. The molecule has 2 heterocycles. The number of guanidine groups is 1. The van der Waals surface area contributed by atoms with E-state index in [0.29, 0.717) is 19.2 Å². The van der Waals surface area contributed by atoms with Gasteiger partial charge in [0, 0.05) is 50.6 Å². The molecule has 2 aliphatic rings. The largest absolute Gasteiger partial charge is 0.490 e. The number of aromatic nitrogens is 1. The van der Waals surface area contributed by atoms with Gasteiger partial charge in [-0.25, -0.2) is 4.98 Å². The van der Waals surface area contributed by atoms with Crippen molar-refractivity contribution in [3.05, 3.63) is 53.2 Å². The fourth-order valence-electron chi connectivity index (χ4n) is 4.31. The summed E-state index contributed by atoms with van der Waals surface area (Å²) in [6.07, 6.45) is 7.03. The van der Waals surface area contributed by atoms with Crippen LogP contribution in [0.5, 0.6) is 5.75 Å². The van der Waals surface area contributed by atoms with Gasteiger partial charge in [0.15, 0.2) is 5.96 Å². The summed E-state index contributed by atoms with van der Waals surface area (Å²) in [5.74, 6) is 2.76. The lowest BCUT2D eigenvalue weighted by Crippen LogP contribution is -2.39. The zero-order chi connectivity index (χ0) is 22.2. The molecule has 0 radical (unpaired) electrons. The first-order valence-corrected chi connectivity index (χ1v) is 11.7. The van der Waals surface area contributed by atoms with Crippen LogP contribution in [0.15, 0.2) is 41.5 Å². The summed E-state index contributed by atoms with van der Waals surface area (Å²) < 4.78 is 11.8. The molecule has 2 fully saturated rings. The molecule has 0 unspecified atom stereocenters. The second kappa shape index (κ2) is 11.2. The zero-order valence-electron chi connectivity index (χ0n) is 19.3. The predicted molar refractivity (Wildman–Crippen MR) is 128 cm³/mol. The minimum absolute atomic E-state index is 0.345. The number of hydrogen-bond donors (Lipinski definition) is 2. The van der Waals surface area contributed by atoms with Crippen molar-refractivity contribution >= 4 is 11.8 Å². The Morgan fingerprint density at radius 3 is 2.62 bits per heavy atom. The molecular weight excluding hydrogens is 402 g/mol. The standard InChI is InChI=1S/C25H35N5O2/c1-19-9-10-20(23(16-19)32-22-7-3-4-8-22)17-28-25(26-2)29-18-21-6-5-11-27-24(21)30-12-14-31-15-13-30/h5-6,9-11,16,22H,3-4,7-8,12-15,17-18H2,1-2H3,(H2,26,28,29). The molecular formula is C25H35N5O2. The van der Waals surface area contributed by atoms with Crippen LogP contribution in [0, 0.1) is 6.92 Å². The van der Waals surface area contributed by atoms with Crippen molar-refractivity contribution < 1.29 is 9.47 Å². The molecule has 172 valence electrons. The Morgan fingerprint density at radius 2 is 1.88 bits per heavy atom. The molecule has 1 aliphatic heterocycles. The number of rotatable bonds is 7. The minimum Gasteiger partial charge on any atom is -0.490 e. The summed E-state index contributed by atoms with van der Waals surface area (Å²) in [7, 11) is 1.80. The summed E-state index contributed by atoms with van der Waals surface area (Å²) in [5.41, 5.74) is 3.52. The Bertz CT molecular complexity index is 905. The number of nitrogens with zero attached hydrogens (tertiary/aromatic N) is 3. The van der Waals surface area contributed by atoms with E-state index in [1.807, 2.05) is 12.3 Å². The van der Waals surface area contributed by atoms with Gasteiger partial charge in [0.1, 0.15) is 11.6 Å². The number of aliphatic imine (C=N–C) groups is 1. The van der Waals surface area contributed by atoms with Gasteiger partial charge in [0.25, 0.3) is 0 Å². The van der Waals surface area contributed by atoms with Gasteiger partial charge < -0.3 is 25.0 Å². The highest BCUT2D eigenvalue weighted by atomic mass is 16.5. The topological polar surface area (TPSA) is 71.0 Å². The SMILES string of the molecule is CN=C(NCc1ccc(C)cc1OC1CCCC1)NCc1cccnc1N1CCOCC1. The Hall–Kier alpha value is -2.80. The maximum Gasteiger partial charge on any atom is 0.191 e. The summed E-state index contributed by atoms with van der Waals surface area (Å²) in [6, 6.07) is 10.5. The van der Waals surface area contributed by atoms with Gasteiger partial charge in [-0.3, -0.25) is 4.99 Å². The van der Waals surface area contributed by atoms with E-state index >= 15 is 0 Å². The van der Waals surface area contributed by atoms with Gasteiger partial charge in [-0.15, -0.1) is 0 Å². The minimum atomic E-state index is 0.345. The summed E-state index contributed by atoms with van der Waals surface area (Å²) in [4.78, 5) is 11.3. The van der Waals surface area contributed by atoms with Crippen molar-refractivity contribution in [1.82, 2.24) is 15.6 Å². The van der Waals surface area contributed by atoms with Crippen LogP contribution in [0.3, 0.4) is 0 Å². The van der Waals surface area contributed by atoms with E-state index in [-0.39, 0.29) is 0 Å². The lowest BCUT2D eigenvalue weighted by molar-refractivity contribution is 0.122. The highest BCUT2D eigenvalue weighted by Gasteiger charge is 2.19. The molecule has 32 heavy (non-hydrogen) atoms. The van der Waals surface area contributed by atoms with Gasteiger partial charge in [0.05, 0.1) is 19.3 Å². The molecule has 2 aromatic rings. The highest BCUT2D eigenvalue weighted by Crippen LogP contribution is 2.27.